The Morgan fingerprint density at radius 3 is 1.65 bits per heavy atom. The monoisotopic (exact) mass is 322 g/mol. The van der Waals surface area contributed by atoms with Crippen LogP contribution in [0.4, 0.5) is 0 Å². The van der Waals surface area contributed by atoms with E-state index >= 15 is 0 Å². The normalized spacial score (nSPS) is 10.8. The second kappa shape index (κ2) is 8.16. The Bertz CT molecular complexity index is 689. The van der Waals surface area contributed by atoms with Crippen LogP contribution in [-0.2, 0) is 13.1 Å². The van der Waals surface area contributed by atoms with E-state index in [-0.39, 0.29) is 0 Å². The molecule has 0 atom stereocenters. The molecule has 23 heavy (non-hydrogen) atoms. The molecule has 0 saturated heterocycles. The van der Waals surface area contributed by atoms with E-state index in [1.54, 1.807) is 0 Å². The molecule has 124 valence electrons. The molecule has 0 bridgehead atoms. The van der Waals surface area contributed by atoms with E-state index in [0.717, 1.165) is 18.9 Å². The van der Waals surface area contributed by atoms with Crippen LogP contribution in [0, 0.1) is 0 Å². The van der Waals surface area contributed by atoms with Gasteiger partial charge in [-0.25, -0.2) is 0 Å². The Hall–Kier alpha value is -2.58. The summed E-state index contributed by atoms with van der Waals surface area (Å²) in [6.07, 6.45) is 2.85. The molecule has 8 heteroatoms. The zero-order valence-electron chi connectivity index (χ0n) is 12.4. The summed E-state index contributed by atoms with van der Waals surface area (Å²) in [4.78, 5) is 22.4. The van der Waals surface area contributed by atoms with E-state index in [1.165, 1.54) is 12.1 Å². The molecular formula is C15H18N2O6. The lowest BCUT2D eigenvalue weighted by molar-refractivity contribution is 0.401. The number of hydrogen-bond acceptors (Lipinski definition) is 8. The molecule has 0 radical (unpaired) electrons. The van der Waals surface area contributed by atoms with Crippen LogP contribution in [0.25, 0.3) is 0 Å². The van der Waals surface area contributed by atoms with Gasteiger partial charge in [-0.05, 0) is 19.5 Å². The summed E-state index contributed by atoms with van der Waals surface area (Å²) in [5, 5.41) is 24.3. The van der Waals surface area contributed by atoms with Crippen molar-refractivity contribution in [1.29, 1.82) is 0 Å². The third-order valence-corrected chi connectivity index (χ3v) is 3.04. The first-order valence-corrected chi connectivity index (χ1v) is 7.09. The zero-order valence-corrected chi connectivity index (χ0v) is 12.4. The minimum absolute atomic E-state index is 0.391. The fraction of sp³-hybridized carbons (Fsp3) is 0.333. The topological polar surface area (TPSA) is 125 Å². The van der Waals surface area contributed by atoms with Crippen LogP contribution in [-0.4, -0.2) is 23.3 Å². The van der Waals surface area contributed by atoms with Crippen molar-refractivity contribution < 1.29 is 19.0 Å². The second-order valence-corrected chi connectivity index (χ2v) is 4.90. The van der Waals surface area contributed by atoms with Gasteiger partial charge in [-0.1, -0.05) is 0 Å². The lowest BCUT2D eigenvalue weighted by atomic mass is 10.3. The third-order valence-electron chi connectivity index (χ3n) is 3.04. The first-order chi connectivity index (χ1) is 11.1. The first kappa shape index (κ1) is 16.8. The van der Waals surface area contributed by atoms with E-state index in [9.17, 15) is 9.59 Å². The Morgan fingerprint density at radius 1 is 0.826 bits per heavy atom. The van der Waals surface area contributed by atoms with Crippen molar-refractivity contribution in [3.63, 3.8) is 0 Å². The fourth-order valence-corrected chi connectivity index (χ4v) is 1.83. The third kappa shape index (κ3) is 5.28. The van der Waals surface area contributed by atoms with Crippen LogP contribution >= 0.6 is 0 Å². The van der Waals surface area contributed by atoms with Crippen LogP contribution in [0.5, 0.6) is 11.5 Å². The fourth-order valence-electron chi connectivity index (χ4n) is 1.83. The average molecular weight is 322 g/mol. The lowest BCUT2D eigenvalue weighted by Crippen LogP contribution is -2.22. The van der Waals surface area contributed by atoms with Crippen molar-refractivity contribution >= 4 is 0 Å². The Labute approximate surface area is 131 Å². The van der Waals surface area contributed by atoms with E-state index in [1.807, 2.05) is 0 Å². The predicted molar refractivity (Wildman–Crippen MR) is 81.3 cm³/mol. The van der Waals surface area contributed by atoms with Gasteiger partial charge in [-0.3, -0.25) is 9.59 Å². The highest BCUT2D eigenvalue weighted by molar-refractivity contribution is 5.16. The molecule has 0 unspecified atom stereocenters. The lowest BCUT2D eigenvalue weighted by Gasteiger charge is -2.06. The molecule has 0 spiro atoms. The summed E-state index contributed by atoms with van der Waals surface area (Å²) in [6, 6.07) is 2.49. The maximum Gasteiger partial charge on any atom is 0.226 e. The minimum atomic E-state index is -0.467. The minimum Gasteiger partial charge on any atom is -0.502 e. The Balaban J connectivity index is 1.60. The molecule has 2 aromatic heterocycles. The van der Waals surface area contributed by atoms with Crippen LogP contribution in [0.1, 0.15) is 17.9 Å². The predicted octanol–water partition coefficient (Wildman–Crippen LogP) is 0.274. The SMILES string of the molecule is O=c1cc(CNCCCNCc2cc(=O)c(O)co2)occ1O. The molecule has 4 N–H and O–H groups in total. The van der Waals surface area contributed by atoms with Crippen molar-refractivity contribution in [2.24, 2.45) is 0 Å². The van der Waals surface area contributed by atoms with E-state index in [4.69, 9.17) is 19.0 Å². The van der Waals surface area contributed by atoms with Gasteiger partial charge in [0.25, 0.3) is 0 Å². The summed E-state index contributed by atoms with van der Waals surface area (Å²) < 4.78 is 10.1. The van der Waals surface area contributed by atoms with Gasteiger partial charge in [0.05, 0.1) is 13.1 Å². The summed E-state index contributed by atoms with van der Waals surface area (Å²) in [5.74, 6) is 0.0934. The molecule has 2 aromatic rings. The van der Waals surface area contributed by atoms with Crippen molar-refractivity contribution in [2.75, 3.05) is 13.1 Å². The van der Waals surface area contributed by atoms with Crippen molar-refractivity contribution in [3.8, 4) is 11.5 Å². The van der Waals surface area contributed by atoms with Crippen molar-refractivity contribution in [2.45, 2.75) is 19.5 Å². The molecule has 0 fully saturated rings. The highest BCUT2D eigenvalue weighted by Crippen LogP contribution is 2.03. The number of nitrogens with one attached hydrogen (secondary N) is 2. The maximum absolute atomic E-state index is 11.2. The van der Waals surface area contributed by atoms with Gasteiger partial charge in [0.15, 0.2) is 11.5 Å². The smallest absolute Gasteiger partial charge is 0.226 e. The number of aromatic hydroxyl groups is 2. The summed E-state index contributed by atoms with van der Waals surface area (Å²) in [7, 11) is 0. The molecule has 8 nitrogen and oxygen atoms in total. The zero-order chi connectivity index (χ0) is 16.7. The van der Waals surface area contributed by atoms with Crippen LogP contribution in [0.2, 0.25) is 0 Å². The molecular weight excluding hydrogens is 304 g/mol. The van der Waals surface area contributed by atoms with Gasteiger partial charge in [0, 0.05) is 12.1 Å². The van der Waals surface area contributed by atoms with Gasteiger partial charge in [-0.15, -0.1) is 0 Å². The summed E-state index contributed by atoms with van der Waals surface area (Å²) in [5.41, 5.74) is -0.935. The molecule has 0 amide bonds. The van der Waals surface area contributed by atoms with Gasteiger partial charge in [0.1, 0.15) is 24.0 Å². The number of hydrogen-bond donors (Lipinski definition) is 4. The largest absolute Gasteiger partial charge is 0.502 e. The first-order valence-electron chi connectivity index (χ1n) is 7.09. The molecule has 0 saturated carbocycles. The molecule has 0 aliphatic carbocycles. The molecule has 2 heterocycles. The van der Waals surface area contributed by atoms with Gasteiger partial charge < -0.3 is 29.7 Å². The van der Waals surface area contributed by atoms with E-state index < -0.39 is 22.4 Å². The summed E-state index contributed by atoms with van der Waals surface area (Å²) in [6.45, 7) is 2.17. The van der Waals surface area contributed by atoms with Gasteiger partial charge in [0.2, 0.25) is 10.9 Å². The van der Waals surface area contributed by atoms with E-state index in [0.29, 0.717) is 37.7 Å². The molecule has 2 rings (SSSR count). The highest BCUT2D eigenvalue weighted by atomic mass is 16.4. The maximum atomic E-state index is 11.2. The molecule has 0 aliphatic rings. The van der Waals surface area contributed by atoms with Crippen LogP contribution < -0.4 is 21.5 Å². The number of rotatable bonds is 8. The molecule has 0 aromatic carbocycles. The van der Waals surface area contributed by atoms with Crippen LogP contribution in [0.3, 0.4) is 0 Å². The quantitative estimate of drug-likeness (QED) is 0.511. The summed E-state index contributed by atoms with van der Waals surface area (Å²) >= 11 is 0. The Kier molecular flexibility index (Phi) is 5.95. The van der Waals surface area contributed by atoms with Crippen molar-refractivity contribution in [3.05, 3.63) is 56.6 Å². The van der Waals surface area contributed by atoms with Gasteiger partial charge >= 0.3 is 0 Å². The highest BCUT2D eigenvalue weighted by Gasteiger charge is 2.02. The van der Waals surface area contributed by atoms with Gasteiger partial charge in [-0.2, -0.15) is 0 Å². The van der Waals surface area contributed by atoms with E-state index in [2.05, 4.69) is 10.6 Å². The standard InChI is InChI=1S/C15H18N2O6/c18-12-4-10(22-8-14(12)20)6-16-2-1-3-17-7-11-5-13(19)15(21)9-23-11/h4-5,8-9,16-17,20-21H,1-3,6-7H2. The average Bonchev–Trinajstić information content (AvgIpc) is 2.53. The van der Waals surface area contributed by atoms with Crippen molar-refractivity contribution in [1.82, 2.24) is 10.6 Å². The molecule has 0 aliphatic heterocycles. The second-order valence-electron chi connectivity index (χ2n) is 4.90. The van der Waals surface area contributed by atoms with Crippen LogP contribution in [0.15, 0.2) is 43.1 Å². The Morgan fingerprint density at radius 2 is 1.26 bits per heavy atom.